The first-order valence-electron chi connectivity index (χ1n) is 6.64. The number of anilines is 1. The van der Waals surface area contributed by atoms with E-state index in [2.05, 4.69) is 29.3 Å². The molecule has 1 saturated heterocycles. The van der Waals surface area contributed by atoms with Crippen molar-refractivity contribution < 1.29 is 9.47 Å². The predicted molar refractivity (Wildman–Crippen MR) is 71.8 cm³/mol. The molecule has 1 atom stereocenters. The van der Waals surface area contributed by atoms with Gasteiger partial charge in [0.25, 0.3) is 0 Å². The molecule has 0 aromatic heterocycles. The Labute approximate surface area is 108 Å². The van der Waals surface area contributed by atoms with E-state index in [1.54, 1.807) is 0 Å². The molecule has 2 aliphatic heterocycles. The van der Waals surface area contributed by atoms with E-state index in [1.165, 1.54) is 11.3 Å². The third-order valence-corrected chi connectivity index (χ3v) is 3.43. The van der Waals surface area contributed by atoms with Crippen molar-refractivity contribution in [3.63, 3.8) is 0 Å². The predicted octanol–water partition coefficient (Wildman–Crippen LogP) is 1.56. The van der Waals surface area contributed by atoms with Gasteiger partial charge in [0.15, 0.2) is 11.5 Å². The van der Waals surface area contributed by atoms with Gasteiger partial charge in [0, 0.05) is 26.2 Å². The van der Waals surface area contributed by atoms with E-state index >= 15 is 0 Å². The number of hydrogen-bond donors (Lipinski definition) is 1. The molecule has 0 radical (unpaired) electrons. The maximum absolute atomic E-state index is 5.89. The molecule has 1 aromatic carbocycles. The molecular formula is C14H20N2O2. The Kier molecular flexibility index (Phi) is 3.04. The lowest BCUT2D eigenvalue weighted by molar-refractivity contribution is 0.104. The van der Waals surface area contributed by atoms with E-state index in [4.69, 9.17) is 9.47 Å². The van der Waals surface area contributed by atoms with Gasteiger partial charge in [0.05, 0.1) is 5.69 Å². The lowest BCUT2D eigenvalue weighted by Gasteiger charge is -2.34. The number of nitrogens with zero attached hydrogens (tertiary/aromatic N) is 1. The van der Waals surface area contributed by atoms with Gasteiger partial charge in [-0.1, -0.05) is 0 Å². The van der Waals surface area contributed by atoms with Crippen molar-refractivity contribution in [2.24, 2.45) is 0 Å². The summed E-state index contributed by atoms with van der Waals surface area (Å²) in [5.41, 5.74) is 2.40. The highest BCUT2D eigenvalue weighted by atomic mass is 16.6. The van der Waals surface area contributed by atoms with Crippen molar-refractivity contribution in [3.8, 4) is 11.5 Å². The van der Waals surface area contributed by atoms with Gasteiger partial charge in [0.2, 0.25) is 0 Å². The van der Waals surface area contributed by atoms with Crippen LogP contribution < -0.4 is 19.7 Å². The Morgan fingerprint density at radius 2 is 2.06 bits per heavy atom. The number of fused-ring (bicyclic) bond motifs is 1. The van der Waals surface area contributed by atoms with Crippen molar-refractivity contribution >= 4 is 5.69 Å². The average molecular weight is 248 g/mol. The molecule has 18 heavy (non-hydrogen) atoms. The third-order valence-electron chi connectivity index (χ3n) is 3.43. The van der Waals surface area contributed by atoms with Crippen molar-refractivity contribution in [2.45, 2.75) is 20.0 Å². The highest BCUT2D eigenvalue weighted by Gasteiger charge is 2.24. The SMILES string of the molecule is Cc1cc2c(c(N3CCNCC3)c1)OCC(C)O2. The number of hydrogen-bond acceptors (Lipinski definition) is 4. The molecule has 1 N–H and O–H groups in total. The normalized spacial score (nSPS) is 23.0. The molecule has 4 heteroatoms. The molecule has 4 nitrogen and oxygen atoms in total. The number of ether oxygens (including phenoxy) is 2. The number of piperazine rings is 1. The van der Waals surface area contributed by atoms with Gasteiger partial charge in [-0.3, -0.25) is 0 Å². The summed E-state index contributed by atoms with van der Waals surface area (Å²) in [6.45, 7) is 8.88. The molecule has 1 unspecified atom stereocenters. The first-order valence-corrected chi connectivity index (χ1v) is 6.64. The van der Waals surface area contributed by atoms with Crippen molar-refractivity contribution in [2.75, 3.05) is 37.7 Å². The van der Waals surface area contributed by atoms with Crippen LogP contribution >= 0.6 is 0 Å². The van der Waals surface area contributed by atoms with Crippen LogP contribution in [0.2, 0.25) is 0 Å². The van der Waals surface area contributed by atoms with Crippen LogP contribution in [0.25, 0.3) is 0 Å². The zero-order valence-corrected chi connectivity index (χ0v) is 11.0. The second-order valence-corrected chi connectivity index (χ2v) is 5.09. The van der Waals surface area contributed by atoms with E-state index in [-0.39, 0.29) is 6.10 Å². The Bertz CT molecular complexity index is 442. The number of aryl methyl sites for hydroxylation is 1. The highest BCUT2D eigenvalue weighted by Crippen LogP contribution is 2.41. The summed E-state index contributed by atoms with van der Waals surface area (Å²) in [4.78, 5) is 2.38. The highest BCUT2D eigenvalue weighted by molar-refractivity contribution is 5.67. The van der Waals surface area contributed by atoms with E-state index in [9.17, 15) is 0 Å². The van der Waals surface area contributed by atoms with Crippen LogP contribution in [-0.4, -0.2) is 38.9 Å². The monoisotopic (exact) mass is 248 g/mol. The molecule has 2 aliphatic rings. The summed E-state index contributed by atoms with van der Waals surface area (Å²) in [6.07, 6.45) is 0.134. The van der Waals surface area contributed by atoms with E-state index in [0.29, 0.717) is 6.61 Å². The van der Waals surface area contributed by atoms with Crippen molar-refractivity contribution in [3.05, 3.63) is 17.7 Å². The van der Waals surface area contributed by atoms with Gasteiger partial charge in [-0.25, -0.2) is 0 Å². The van der Waals surface area contributed by atoms with Crippen LogP contribution in [0.15, 0.2) is 12.1 Å². The summed E-state index contributed by atoms with van der Waals surface area (Å²) in [5.74, 6) is 1.81. The van der Waals surface area contributed by atoms with Gasteiger partial charge < -0.3 is 19.7 Å². The minimum Gasteiger partial charge on any atom is -0.484 e. The fourth-order valence-corrected chi connectivity index (χ4v) is 2.55. The number of rotatable bonds is 1. The maximum Gasteiger partial charge on any atom is 0.184 e. The van der Waals surface area contributed by atoms with Crippen LogP contribution in [0.3, 0.4) is 0 Å². The molecular weight excluding hydrogens is 228 g/mol. The Morgan fingerprint density at radius 1 is 1.28 bits per heavy atom. The second-order valence-electron chi connectivity index (χ2n) is 5.09. The van der Waals surface area contributed by atoms with Crippen LogP contribution in [-0.2, 0) is 0 Å². The summed E-state index contributed by atoms with van der Waals surface area (Å²) in [5, 5.41) is 3.37. The fourth-order valence-electron chi connectivity index (χ4n) is 2.55. The summed E-state index contributed by atoms with van der Waals surface area (Å²) >= 11 is 0. The topological polar surface area (TPSA) is 33.7 Å². The first kappa shape index (κ1) is 11.7. The lowest BCUT2D eigenvalue weighted by Crippen LogP contribution is -2.44. The second kappa shape index (κ2) is 4.69. The maximum atomic E-state index is 5.89. The minimum atomic E-state index is 0.134. The number of benzene rings is 1. The van der Waals surface area contributed by atoms with Crippen LogP contribution in [0.4, 0.5) is 5.69 Å². The van der Waals surface area contributed by atoms with Gasteiger partial charge in [-0.2, -0.15) is 0 Å². The molecule has 1 aromatic rings. The average Bonchev–Trinajstić information content (AvgIpc) is 2.38. The summed E-state index contributed by atoms with van der Waals surface area (Å²) < 4.78 is 11.8. The molecule has 0 amide bonds. The van der Waals surface area contributed by atoms with Gasteiger partial charge in [-0.15, -0.1) is 0 Å². The van der Waals surface area contributed by atoms with E-state index in [0.717, 1.165) is 37.7 Å². The molecule has 0 spiro atoms. The Hall–Kier alpha value is -1.42. The van der Waals surface area contributed by atoms with E-state index < -0.39 is 0 Å². The molecule has 2 heterocycles. The smallest absolute Gasteiger partial charge is 0.184 e. The van der Waals surface area contributed by atoms with Crippen LogP contribution in [0, 0.1) is 6.92 Å². The lowest BCUT2D eigenvalue weighted by atomic mass is 10.1. The number of nitrogens with one attached hydrogen (secondary N) is 1. The standard InChI is InChI=1S/C14H20N2O2/c1-10-7-12(16-5-3-15-4-6-16)14-13(8-10)18-11(2)9-17-14/h7-8,11,15H,3-6,9H2,1-2H3. The van der Waals surface area contributed by atoms with Crippen molar-refractivity contribution in [1.29, 1.82) is 0 Å². The zero-order chi connectivity index (χ0) is 12.5. The first-order chi connectivity index (χ1) is 8.74. The third kappa shape index (κ3) is 2.12. The minimum absolute atomic E-state index is 0.134. The molecule has 1 fully saturated rings. The fraction of sp³-hybridized carbons (Fsp3) is 0.571. The quantitative estimate of drug-likeness (QED) is 0.818. The molecule has 3 rings (SSSR count). The van der Waals surface area contributed by atoms with E-state index in [1.807, 2.05) is 6.92 Å². The van der Waals surface area contributed by atoms with Gasteiger partial charge >= 0.3 is 0 Å². The van der Waals surface area contributed by atoms with Gasteiger partial charge in [-0.05, 0) is 31.5 Å². The molecule has 0 saturated carbocycles. The molecule has 0 bridgehead atoms. The van der Waals surface area contributed by atoms with Crippen LogP contribution in [0.5, 0.6) is 11.5 Å². The Balaban J connectivity index is 1.97. The summed E-state index contributed by atoms with van der Waals surface area (Å²) in [6, 6.07) is 4.26. The van der Waals surface area contributed by atoms with Crippen molar-refractivity contribution in [1.82, 2.24) is 5.32 Å². The van der Waals surface area contributed by atoms with Gasteiger partial charge in [0.1, 0.15) is 12.7 Å². The zero-order valence-electron chi connectivity index (χ0n) is 11.0. The molecule has 0 aliphatic carbocycles. The summed E-state index contributed by atoms with van der Waals surface area (Å²) in [7, 11) is 0. The molecule has 98 valence electrons. The largest absolute Gasteiger partial charge is 0.484 e. The van der Waals surface area contributed by atoms with Crippen LogP contribution in [0.1, 0.15) is 12.5 Å². The Morgan fingerprint density at radius 3 is 2.83 bits per heavy atom.